The number of hydrogen-bond donors (Lipinski definition) is 0. The van der Waals surface area contributed by atoms with Crippen LogP contribution in [0.1, 0.15) is 43.5 Å². The largest absolute Gasteiger partial charge is 0.466 e. The fourth-order valence-electron chi connectivity index (χ4n) is 5.73. The van der Waals surface area contributed by atoms with Crippen molar-refractivity contribution in [2.24, 2.45) is 0 Å². The molecule has 9 nitrogen and oxygen atoms in total. The number of aryl methyl sites for hydroxylation is 1. The van der Waals surface area contributed by atoms with Gasteiger partial charge in [0.2, 0.25) is 0 Å². The molecule has 0 aliphatic heterocycles. The van der Waals surface area contributed by atoms with Gasteiger partial charge in [-0.05, 0) is 80.3 Å². The molecule has 1 unspecified atom stereocenters. The van der Waals surface area contributed by atoms with Gasteiger partial charge in [0.25, 0.3) is 10.0 Å². The number of sulfone groups is 1. The van der Waals surface area contributed by atoms with Gasteiger partial charge in [0.1, 0.15) is 27.1 Å². The Labute approximate surface area is 294 Å². The van der Waals surface area contributed by atoms with E-state index in [0.717, 1.165) is 43.7 Å². The second-order valence-corrected chi connectivity index (χ2v) is 17.3. The highest BCUT2D eigenvalue weighted by Crippen LogP contribution is 2.40. The van der Waals surface area contributed by atoms with Crippen LogP contribution in [0.5, 0.6) is 11.5 Å². The molecule has 0 saturated heterocycles. The second-order valence-electron chi connectivity index (χ2n) is 12.2. The number of carbonyl (C=O) groups is 1. The van der Waals surface area contributed by atoms with Gasteiger partial charge in [0.15, 0.2) is 9.84 Å². The summed E-state index contributed by atoms with van der Waals surface area (Å²) in [6.07, 6.45) is 5.61. The summed E-state index contributed by atoms with van der Waals surface area (Å²) in [6.45, 7) is 3.42. The summed E-state index contributed by atoms with van der Waals surface area (Å²) in [6, 6.07) is 22.2. The molecule has 6 rings (SSSR count). The van der Waals surface area contributed by atoms with Crippen LogP contribution >= 0.6 is 11.3 Å². The molecule has 1 aliphatic rings. The van der Waals surface area contributed by atoms with E-state index in [1.165, 1.54) is 30.5 Å². The summed E-state index contributed by atoms with van der Waals surface area (Å²) < 4.78 is 76.8. The highest BCUT2D eigenvalue weighted by Gasteiger charge is 2.46. The van der Waals surface area contributed by atoms with E-state index in [0.29, 0.717) is 48.3 Å². The first-order chi connectivity index (χ1) is 23.8. The Balaban J connectivity index is 1.15. The summed E-state index contributed by atoms with van der Waals surface area (Å²) >= 11 is 1.53. The normalized spacial score (nSPS) is 16.6. The summed E-state index contributed by atoms with van der Waals surface area (Å²) in [5.74, 6) is -0.198. The van der Waals surface area contributed by atoms with Gasteiger partial charge in [-0.15, -0.1) is 11.3 Å². The molecule has 50 heavy (non-hydrogen) atoms. The molecule has 5 aromatic rings. The summed E-state index contributed by atoms with van der Waals surface area (Å²) in [5.41, 5.74) is 4.30. The molecule has 0 spiro atoms. The van der Waals surface area contributed by atoms with Crippen molar-refractivity contribution in [1.82, 2.24) is 8.96 Å². The van der Waals surface area contributed by atoms with Gasteiger partial charge in [0.05, 0.1) is 22.7 Å². The highest BCUT2D eigenvalue weighted by molar-refractivity contribution is 7.94. The van der Waals surface area contributed by atoms with Crippen LogP contribution < -0.4 is 4.74 Å². The number of rotatable bonds is 12. The Bertz CT molecular complexity index is 2380. The maximum absolute atomic E-state index is 15.3. The van der Waals surface area contributed by atoms with E-state index in [4.69, 9.17) is 14.5 Å². The maximum atomic E-state index is 15.3. The number of hydrogen-bond acceptors (Lipinski definition) is 9. The molecule has 2 aromatic heterocycles. The Hall–Kier alpha value is -4.59. The van der Waals surface area contributed by atoms with E-state index < -0.39 is 30.4 Å². The average molecular weight is 735 g/mol. The maximum Gasteiger partial charge on any atom is 0.306 e. The third kappa shape index (κ3) is 7.30. The number of allylic oxidation sites excluding steroid dienone is 2. The zero-order valence-corrected chi connectivity index (χ0v) is 30.1. The standard InChI is InChI=1S/C37H35FN2O7S3/c1-4-46-35(41)14-11-25-7-5-8-26(19-25)20-29-24-48-36(39-29)28-9-6-10-30(22-28)47-31-12-13-33-27(21-31)16-18-40(33)50(44,45)37(2)17-15-32(23-34(37)38)49(3,42)43/h5-10,12-13,15-16,18-19,21-24H,4,11,14,17,20H2,1-3H3. The molecule has 0 fully saturated rings. The number of esters is 1. The van der Waals surface area contributed by atoms with Gasteiger partial charge in [-0.25, -0.2) is 30.2 Å². The highest BCUT2D eigenvalue weighted by atomic mass is 32.2. The van der Waals surface area contributed by atoms with Crippen LogP contribution in [0.4, 0.5) is 4.39 Å². The first-order valence-corrected chi connectivity index (χ1v) is 20.1. The molecular formula is C37H35FN2O7S3. The lowest BCUT2D eigenvalue weighted by atomic mass is 10.0. The van der Waals surface area contributed by atoms with Gasteiger partial charge in [-0.1, -0.05) is 42.5 Å². The number of thiazole rings is 1. The number of nitrogens with zero attached hydrogens (tertiary/aromatic N) is 2. The van der Waals surface area contributed by atoms with Crippen molar-refractivity contribution in [1.29, 1.82) is 0 Å². The van der Waals surface area contributed by atoms with Gasteiger partial charge in [0, 0.05) is 41.6 Å². The molecule has 0 bridgehead atoms. The Morgan fingerprint density at radius 3 is 2.52 bits per heavy atom. The zero-order chi connectivity index (χ0) is 35.7. The number of aromatic nitrogens is 2. The monoisotopic (exact) mass is 734 g/mol. The zero-order valence-electron chi connectivity index (χ0n) is 27.6. The van der Waals surface area contributed by atoms with Crippen LogP contribution in [0.2, 0.25) is 0 Å². The van der Waals surface area contributed by atoms with Crippen molar-refractivity contribution < 1.29 is 35.5 Å². The van der Waals surface area contributed by atoms with Crippen LogP contribution in [0.3, 0.4) is 0 Å². The molecule has 260 valence electrons. The molecule has 0 saturated carbocycles. The van der Waals surface area contributed by atoms with E-state index >= 15 is 4.39 Å². The molecule has 0 amide bonds. The first-order valence-electron chi connectivity index (χ1n) is 15.9. The minimum Gasteiger partial charge on any atom is -0.466 e. The van der Waals surface area contributed by atoms with Crippen molar-refractivity contribution in [2.75, 3.05) is 12.9 Å². The lowest BCUT2D eigenvalue weighted by molar-refractivity contribution is -0.143. The fraction of sp³-hybridized carbons (Fsp3) is 0.243. The van der Waals surface area contributed by atoms with Crippen LogP contribution in [0.15, 0.2) is 107 Å². The van der Waals surface area contributed by atoms with Crippen LogP contribution in [-0.2, 0) is 42.2 Å². The minimum atomic E-state index is -4.33. The van der Waals surface area contributed by atoms with Gasteiger partial charge in [-0.3, -0.25) is 4.79 Å². The van der Waals surface area contributed by atoms with Crippen molar-refractivity contribution in [3.63, 3.8) is 0 Å². The number of ether oxygens (including phenoxy) is 2. The van der Waals surface area contributed by atoms with E-state index in [1.54, 1.807) is 31.2 Å². The van der Waals surface area contributed by atoms with Crippen molar-refractivity contribution in [3.05, 3.63) is 124 Å². The van der Waals surface area contributed by atoms with Crippen LogP contribution in [0, 0.1) is 0 Å². The molecule has 13 heteroatoms. The topological polar surface area (TPSA) is 122 Å². The number of benzene rings is 3. The molecular weight excluding hydrogens is 700 g/mol. The summed E-state index contributed by atoms with van der Waals surface area (Å²) in [4.78, 5) is 16.4. The lowest BCUT2D eigenvalue weighted by Gasteiger charge is -2.30. The Kier molecular flexibility index (Phi) is 9.84. The molecule has 3 aromatic carbocycles. The molecule has 1 atom stereocenters. The Morgan fingerprint density at radius 1 is 1.00 bits per heavy atom. The predicted octanol–water partition coefficient (Wildman–Crippen LogP) is 7.77. The van der Waals surface area contributed by atoms with Gasteiger partial charge >= 0.3 is 5.97 Å². The van der Waals surface area contributed by atoms with Crippen molar-refractivity contribution in [2.45, 2.75) is 44.3 Å². The predicted molar refractivity (Wildman–Crippen MR) is 193 cm³/mol. The van der Waals surface area contributed by atoms with Gasteiger partial charge in [-0.2, -0.15) is 0 Å². The average Bonchev–Trinajstić information content (AvgIpc) is 3.72. The first kappa shape index (κ1) is 35.2. The van der Waals surface area contributed by atoms with E-state index in [-0.39, 0.29) is 17.3 Å². The summed E-state index contributed by atoms with van der Waals surface area (Å²) in [5, 5.41) is 3.42. The SMILES string of the molecule is CCOC(=O)CCc1cccc(Cc2csc(-c3cccc(Oc4ccc5c(ccn5S(=O)(=O)C5(C)CC=C(S(C)(=O)=O)C=C5F)c4)c3)n2)c1. The van der Waals surface area contributed by atoms with Gasteiger partial charge < -0.3 is 9.47 Å². The van der Waals surface area contributed by atoms with Crippen LogP contribution in [0.25, 0.3) is 21.5 Å². The second kappa shape index (κ2) is 14.0. The lowest BCUT2D eigenvalue weighted by Crippen LogP contribution is -2.41. The minimum absolute atomic E-state index is 0.203. The van der Waals surface area contributed by atoms with Crippen LogP contribution in [-0.4, -0.2) is 49.4 Å². The molecule has 0 N–H and O–H groups in total. The quantitative estimate of drug-likeness (QED) is 0.119. The number of fused-ring (bicyclic) bond motifs is 1. The Morgan fingerprint density at radius 2 is 1.76 bits per heavy atom. The van der Waals surface area contributed by atoms with E-state index in [1.807, 2.05) is 47.8 Å². The van der Waals surface area contributed by atoms with E-state index in [9.17, 15) is 21.6 Å². The van der Waals surface area contributed by atoms with Crippen molar-refractivity contribution in [3.8, 4) is 22.1 Å². The molecule has 1 aliphatic carbocycles. The fourth-order valence-corrected chi connectivity index (χ4v) is 8.93. The number of halogens is 1. The van der Waals surface area contributed by atoms with E-state index in [2.05, 4.69) is 6.07 Å². The third-order valence-corrected chi connectivity index (χ3v) is 12.9. The third-order valence-electron chi connectivity index (χ3n) is 8.52. The summed E-state index contributed by atoms with van der Waals surface area (Å²) in [7, 11) is -8.02. The van der Waals surface area contributed by atoms with Crippen molar-refractivity contribution >= 4 is 48.1 Å². The number of carbonyl (C=O) groups excluding carboxylic acids is 1. The molecule has 2 heterocycles. The smallest absolute Gasteiger partial charge is 0.306 e. The molecule has 0 radical (unpaired) electrons.